The highest BCUT2D eigenvalue weighted by molar-refractivity contribution is 6.03. The molecular weight excluding hydrogens is 347 g/mol. The Labute approximate surface area is 145 Å². The van der Waals surface area contributed by atoms with Gasteiger partial charge in [0.1, 0.15) is 11.0 Å². The van der Waals surface area contributed by atoms with Crippen molar-refractivity contribution in [1.82, 2.24) is 19.5 Å². The number of rotatable bonds is 2. The predicted octanol–water partition coefficient (Wildman–Crippen LogP) is 4.15. The van der Waals surface area contributed by atoms with Crippen molar-refractivity contribution < 1.29 is 17.6 Å². The summed E-state index contributed by atoms with van der Waals surface area (Å²) in [7, 11) is 3.51. The van der Waals surface area contributed by atoms with Gasteiger partial charge in [-0.15, -0.1) is 0 Å². The van der Waals surface area contributed by atoms with E-state index in [0.717, 1.165) is 6.07 Å². The van der Waals surface area contributed by atoms with Crippen LogP contribution in [0.25, 0.3) is 33.7 Å². The smallest absolute Gasteiger partial charge is 0.416 e. The second-order valence-corrected chi connectivity index (χ2v) is 5.96. The fourth-order valence-corrected chi connectivity index (χ4v) is 2.94. The van der Waals surface area contributed by atoms with Crippen molar-refractivity contribution in [2.45, 2.75) is 13.1 Å². The molecule has 0 aliphatic carbocycles. The molecule has 3 heterocycles. The van der Waals surface area contributed by atoms with Gasteiger partial charge in [-0.25, -0.2) is 9.97 Å². The molecule has 26 heavy (non-hydrogen) atoms. The molecule has 4 aromatic rings. The SMILES string of the molecule is CNc1nc2oc(-c3ccc(C)c(C(F)(F)F)c3)nc2c2c1ncn2C. The zero-order valence-electron chi connectivity index (χ0n) is 14.1. The van der Waals surface area contributed by atoms with Crippen LogP contribution in [0.4, 0.5) is 19.0 Å². The molecule has 0 radical (unpaired) electrons. The normalized spacial score (nSPS) is 12.2. The molecule has 0 atom stereocenters. The maximum atomic E-state index is 13.2. The third-order valence-corrected chi connectivity index (χ3v) is 4.24. The first-order chi connectivity index (χ1) is 12.3. The largest absolute Gasteiger partial charge is 0.418 e. The standard InChI is InChI=1S/C17H14F3N5O/c1-8-4-5-9(6-10(8)17(18,19)20)15-23-12-13-11(22-7-25(13)3)14(21-2)24-16(12)26-15/h4-7H,1-3H3,(H,21,24). The summed E-state index contributed by atoms with van der Waals surface area (Å²) in [6.07, 6.45) is -2.83. The highest BCUT2D eigenvalue weighted by Gasteiger charge is 2.33. The van der Waals surface area contributed by atoms with Gasteiger partial charge in [0.05, 0.1) is 11.9 Å². The molecule has 3 aromatic heterocycles. The van der Waals surface area contributed by atoms with Crippen LogP contribution in [0.1, 0.15) is 11.1 Å². The molecular formula is C17H14F3N5O. The summed E-state index contributed by atoms with van der Waals surface area (Å²) in [5.41, 5.74) is 1.65. The Morgan fingerprint density at radius 3 is 2.62 bits per heavy atom. The molecule has 1 aromatic carbocycles. The number of hydrogen-bond acceptors (Lipinski definition) is 5. The summed E-state index contributed by atoms with van der Waals surface area (Å²) in [6.45, 7) is 1.42. The average Bonchev–Trinajstić information content (AvgIpc) is 3.17. The third-order valence-electron chi connectivity index (χ3n) is 4.24. The number of halogens is 3. The molecule has 0 saturated carbocycles. The van der Waals surface area contributed by atoms with Crippen LogP contribution in [0.5, 0.6) is 0 Å². The van der Waals surface area contributed by atoms with Gasteiger partial charge in [-0.2, -0.15) is 18.2 Å². The Kier molecular flexibility index (Phi) is 3.43. The number of alkyl halides is 3. The molecule has 1 N–H and O–H groups in total. The van der Waals surface area contributed by atoms with Gasteiger partial charge < -0.3 is 14.3 Å². The minimum atomic E-state index is -4.45. The van der Waals surface area contributed by atoms with E-state index in [1.807, 2.05) is 0 Å². The van der Waals surface area contributed by atoms with Gasteiger partial charge >= 0.3 is 6.18 Å². The van der Waals surface area contributed by atoms with Crippen molar-refractivity contribution in [3.63, 3.8) is 0 Å². The van der Waals surface area contributed by atoms with Crippen molar-refractivity contribution in [3.05, 3.63) is 35.7 Å². The first-order valence-electron chi connectivity index (χ1n) is 7.77. The van der Waals surface area contributed by atoms with Gasteiger partial charge in [0.25, 0.3) is 5.71 Å². The Bertz CT molecular complexity index is 1140. The molecule has 0 unspecified atom stereocenters. The Balaban J connectivity index is 1.97. The van der Waals surface area contributed by atoms with E-state index >= 15 is 0 Å². The lowest BCUT2D eigenvalue weighted by Gasteiger charge is -2.10. The van der Waals surface area contributed by atoms with Gasteiger partial charge in [-0.3, -0.25) is 0 Å². The van der Waals surface area contributed by atoms with Gasteiger partial charge in [-0.05, 0) is 24.6 Å². The quantitative estimate of drug-likeness (QED) is 0.581. The zero-order valence-corrected chi connectivity index (χ0v) is 14.1. The molecule has 9 heteroatoms. The van der Waals surface area contributed by atoms with E-state index in [1.165, 1.54) is 13.0 Å². The Morgan fingerprint density at radius 1 is 1.15 bits per heavy atom. The van der Waals surface area contributed by atoms with E-state index < -0.39 is 11.7 Å². The van der Waals surface area contributed by atoms with E-state index in [0.29, 0.717) is 22.4 Å². The van der Waals surface area contributed by atoms with Gasteiger partial charge in [0.2, 0.25) is 5.89 Å². The van der Waals surface area contributed by atoms with Crippen LogP contribution < -0.4 is 5.32 Å². The lowest BCUT2D eigenvalue weighted by molar-refractivity contribution is -0.138. The second-order valence-electron chi connectivity index (χ2n) is 5.96. The zero-order chi connectivity index (χ0) is 18.6. The molecule has 4 rings (SSSR count). The lowest BCUT2D eigenvalue weighted by Crippen LogP contribution is -2.07. The molecule has 134 valence electrons. The summed E-state index contributed by atoms with van der Waals surface area (Å²) in [6, 6.07) is 3.99. The van der Waals surface area contributed by atoms with Crippen LogP contribution >= 0.6 is 0 Å². The topological polar surface area (TPSA) is 68.8 Å². The van der Waals surface area contributed by atoms with Crippen LogP contribution in [0.2, 0.25) is 0 Å². The van der Waals surface area contributed by atoms with E-state index in [4.69, 9.17) is 4.42 Å². The summed E-state index contributed by atoms with van der Waals surface area (Å²) in [5.74, 6) is 0.587. The van der Waals surface area contributed by atoms with Gasteiger partial charge in [0, 0.05) is 19.7 Å². The number of pyridine rings is 1. The minimum Gasteiger partial charge on any atom is -0.418 e. The minimum absolute atomic E-state index is 0.0775. The van der Waals surface area contributed by atoms with Crippen molar-refractivity contribution in [2.75, 3.05) is 12.4 Å². The average molecular weight is 361 g/mol. The number of hydrogen-bond donors (Lipinski definition) is 1. The van der Waals surface area contributed by atoms with E-state index in [9.17, 15) is 13.2 Å². The van der Waals surface area contributed by atoms with Gasteiger partial charge in [-0.1, -0.05) is 6.07 Å². The monoisotopic (exact) mass is 361 g/mol. The summed E-state index contributed by atoms with van der Waals surface area (Å²) >= 11 is 0. The molecule has 0 spiro atoms. The molecule has 0 bridgehead atoms. The van der Waals surface area contributed by atoms with Crippen LogP contribution in [0, 0.1) is 6.92 Å². The fourth-order valence-electron chi connectivity index (χ4n) is 2.94. The van der Waals surface area contributed by atoms with Crippen LogP contribution in [0.15, 0.2) is 28.9 Å². The molecule has 0 aliphatic heterocycles. The van der Waals surface area contributed by atoms with Crippen molar-refractivity contribution in [3.8, 4) is 11.5 Å². The van der Waals surface area contributed by atoms with Crippen molar-refractivity contribution in [2.24, 2.45) is 7.05 Å². The van der Waals surface area contributed by atoms with Gasteiger partial charge in [0.15, 0.2) is 11.3 Å². The second kappa shape index (κ2) is 5.45. The number of nitrogens with one attached hydrogen (secondary N) is 1. The van der Waals surface area contributed by atoms with E-state index in [2.05, 4.69) is 20.3 Å². The number of nitrogens with zero attached hydrogens (tertiary/aromatic N) is 4. The summed E-state index contributed by atoms with van der Waals surface area (Å²) in [5, 5.41) is 2.94. The van der Waals surface area contributed by atoms with Crippen molar-refractivity contribution >= 4 is 28.1 Å². The van der Waals surface area contributed by atoms with Crippen LogP contribution in [-0.2, 0) is 13.2 Å². The van der Waals surface area contributed by atoms with Crippen LogP contribution in [0.3, 0.4) is 0 Å². The first-order valence-corrected chi connectivity index (χ1v) is 7.77. The first kappa shape index (κ1) is 16.4. The maximum Gasteiger partial charge on any atom is 0.416 e. The van der Waals surface area contributed by atoms with Crippen LogP contribution in [-0.4, -0.2) is 26.6 Å². The number of imidazole rings is 1. The fraction of sp³-hybridized carbons (Fsp3) is 0.235. The van der Waals surface area contributed by atoms with Crippen molar-refractivity contribution in [1.29, 1.82) is 0 Å². The number of anilines is 1. The molecule has 0 aliphatic rings. The number of fused-ring (bicyclic) bond motifs is 3. The number of oxazole rings is 1. The highest BCUT2D eigenvalue weighted by Crippen LogP contribution is 2.36. The number of aromatic nitrogens is 4. The molecule has 6 nitrogen and oxygen atoms in total. The molecule has 0 amide bonds. The lowest BCUT2D eigenvalue weighted by atomic mass is 10.0. The number of aryl methyl sites for hydroxylation is 2. The third kappa shape index (κ3) is 2.39. The molecule has 0 fully saturated rings. The Morgan fingerprint density at radius 2 is 1.92 bits per heavy atom. The summed E-state index contributed by atoms with van der Waals surface area (Å²) in [4.78, 5) is 13.0. The number of benzene rings is 1. The Hall–Kier alpha value is -3.10. The molecule has 0 saturated heterocycles. The van der Waals surface area contributed by atoms with E-state index in [1.54, 1.807) is 31.1 Å². The van der Waals surface area contributed by atoms with E-state index in [-0.39, 0.29) is 22.7 Å². The summed E-state index contributed by atoms with van der Waals surface area (Å²) < 4.78 is 47.0. The highest BCUT2D eigenvalue weighted by atomic mass is 19.4. The predicted molar refractivity (Wildman–Crippen MR) is 90.8 cm³/mol. The maximum absolute atomic E-state index is 13.2.